The molecule has 1 N–H and O–H groups in total. The number of aryl methyl sites for hydroxylation is 1. The number of carbonyl (C=O) groups excluding carboxylic acids is 1. The number of halogens is 4. The lowest BCUT2D eigenvalue weighted by Gasteiger charge is -2.14. The summed E-state index contributed by atoms with van der Waals surface area (Å²) in [6, 6.07) is 1.16. The molecule has 1 atom stereocenters. The van der Waals surface area contributed by atoms with E-state index in [2.05, 4.69) is 20.3 Å². The number of rotatable bonds is 3. The molecule has 124 valence electrons. The lowest BCUT2D eigenvalue weighted by Crippen LogP contribution is -2.19. The Morgan fingerprint density at radius 3 is 2.43 bits per heavy atom. The Morgan fingerprint density at radius 1 is 1.30 bits per heavy atom. The van der Waals surface area contributed by atoms with Crippen LogP contribution in [0, 0.1) is 12.7 Å². The molecule has 1 aromatic carbocycles. The van der Waals surface area contributed by atoms with Crippen LogP contribution in [0.5, 0.6) is 0 Å². The summed E-state index contributed by atoms with van der Waals surface area (Å²) in [6.07, 6.45) is -4.01. The third-order valence-electron chi connectivity index (χ3n) is 2.82. The SMILES string of the molecule is Cc1nonc1NC(=O)c1ccc(C(F)(F)F)c(S(C)=O)c1F. The molecule has 0 aliphatic carbocycles. The number of anilines is 1. The minimum atomic E-state index is -4.90. The van der Waals surface area contributed by atoms with E-state index >= 15 is 0 Å². The van der Waals surface area contributed by atoms with Gasteiger partial charge in [-0.2, -0.15) is 13.2 Å². The molecular formula is C12H9F4N3O3S. The highest BCUT2D eigenvalue weighted by molar-refractivity contribution is 7.84. The Kier molecular flexibility index (Phi) is 4.50. The number of amides is 1. The minimum absolute atomic E-state index is 0.103. The van der Waals surface area contributed by atoms with Gasteiger partial charge in [0.15, 0.2) is 5.82 Å². The highest BCUT2D eigenvalue weighted by atomic mass is 32.2. The Labute approximate surface area is 129 Å². The summed E-state index contributed by atoms with van der Waals surface area (Å²) >= 11 is 0. The highest BCUT2D eigenvalue weighted by Gasteiger charge is 2.37. The number of nitrogens with one attached hydrogen (secondary N) is 1. The normalized spacial score (nSPS) is 13.0. The molecule has 0 bridgehead atoms. The summed E-state index contributed by atoms with van der Waals surface area (Å²) in [5.74, 6) is -2.68. The largest absolute Gasteiger partial charge is 0.417 e. The predicted molar refractivity (Wildman–Crippen MR) is 70.7 cm³/mol. The van der Waals surface area contributed by atoms with Gasteiger partial charge < -0.3 is 5.32 Å². The average molecular weight is 351 g/mol. The first-order valence-electron chi connectivity index (χ1n) is 5.96. The van der Waals surface area contributed by atoms with E-state index in [0.717, 1.165) is 6.26 Å². The van der Waals surface area contributed by atoms with Crippen LogP contribution in [0.4, 0.5) is 23.4 Å². The molecule has 1 amide bonds. The number of aromatic nitrogens is 2. The Morgan fingerprint density at radius 2 is 1.96 bits per heavy atom. The van der Waals surface area contributed by atoms with E-state index in [1.165, 1.54) is 6.92 Å². The fourth-order valence-corrected chi connectivity index (χ4v) is 2.61. The van der Waals surface area contributed by atoms with Gasteiger partial charge in [0.05, 0.1) is 26.8 Å². The van der Waals surface area contributed by atoms with Gasteiger partial charge in [0, 0.05) is 6.26 Å². The zero-order valence-electron chi connectivity index (χ0n) is 11.7. The van der Waals surface area contributed by atoms with Crippen LogP contribution in [0.2, 0.25) is 0 Å². The summed E-state index contributed by atoms with van der Waals surface area (Å²) in [6.45, 7) is 1.45. The van der Waals surface area contributed by atoms with Gasteiger partial charge in [0.25, 0.3) is 5.91 Å². The second-order valence-electron chi connectivity index (χ2n) is 4.41. The molecule has 0 aliphatic rings. The Balaban J connectivity index is 2.48. The van der Waals surface area contributed by atoms with Gasteiger partial charge in [-0.25, -0.2) is 9.02 Å². The summed E-state index contributed by atoms with van der Waals surface area (Å²) in [5, 5.41) is 8.88. The smallest absolute Gasteiger partial charge is 0.302 e. The maximum atomic E-state index is 14.3. The van der Waals surface area contributed by atoms with Crippen molar-refractivity contribution in [1.82, 2.24) is 10.3 Å². The van der Waals surface area contributed by atoms with Crippen LogP contribution in [0.25, 0.3) is 0 Å². The van der Waals surface area contributed by atoms with Crippen LogP contribution >= 0.6 is 0 Å². The molecule has 0 saturated heterocycles. The molecule has 2 aromatic rings. The molecule has 6 nitrogen and oxygen atoms in total. The highest BCUT2D eigenvalue weighted by Crippen LogP contribution is 2.35. The van der Waals surface area contributed by atoms with E-state index in [1.54, 1.807) is 0 Å². The van der Waals surface area contributed by atoms with Gasteiger partial charge in [0.2, 0.25) is 5.82 Å². The third-order valence-corrected chi connectivity index (χ3v) is 3.79. The first kappa shape index (κ1) is 17.1. The maximum absolute atomic E-state index is 14.3. The van der Waals surface area contributed by atoms with Gasteiger partial charge in [-0.15, -0.1) is 0 Å². The van der Waals surface area contributed by atoms with E-state index in [4.69, 9.17) is 0 Å². The zero-order valence-corrected chi connectivity index (χ0v) is 12.5. The predicted octanol–water partition coefficient (Wildman–Crippen LogP) is 2.53. The number of alkyl halides is 3. The molecule has 23 heavy (non-hydrogen) atoms. The van der Waals surface area contributed by atoms with E-state index < -0.39 is 44.7 Å². The Hall–Kier alpha value is -2.30. The van der Waals surface area contributed by atoms with E-state index in [0.29, 0.717) is 12.1 Å². The molecular weight excluding hydrogens is 342 g/mol. The molecule has 1 aromatic heterocycles. The number of carbonyl (C=O) groups is 1. The fraction of sp³-hybridized carbons (Fsp3) is 0.250. The minimum Gasteiger partial charge on any atom is -0.302 e. The number of nitrogens with zero attached hydrogens (tertiary/aromatic N) is 2. The lowest BCUT2D eigenvalue weighted by atomic mass is 10.1. The van der Waals surface area contributed by atoms with Crippen molar-refractivity contribution in [3.05, 3.63) is 34.8 Å². The van der Waals surface area contributed by atoms with Crippen molar-refractivity contribution in [3.8, 4) is 0 Å². The van der Waals surface area contributed by atoms with E-state index in [-0.39, 0.29) is 11.5 Å². The average Bonchev–Trinajstić information content (AvgIpc) is 2.82. The molecule has 2 rings (SSSR count). The molecule has 0 aliphatic heterocycles. The Bertz CT molecular complexity index is 788. The first-order chi connectivity index (χ1) is 10.6. The second-order valence-corrected chi connectivity index (χ2v) is 5.72. The molecule has 1 unspecified atom stereocenters. The van der Waals surface area contributed by atoms with Crippen LogP contribution in [-0.2, 0) is 17.0 Å². The lowest BCUT2D eigenvalue weighted by molar-refractivity contribution is -0.140. The van der Waals surface area contributed by atoms with Gasteiger partial charge in [0.1, 0.15) is 5.69 Å². The summed E-state index contributed by atoms with van der Waals surface area (Å²) in [5.41, 5.74) is -1.90. The summed E-state index contributed by atoms with van der Waals surface area (Å²) in [7, 11) is -2.29. The number of hydrogen-bond donors (Lipinski definition) is 1. The third kappa shape index (κ3) is 3.38. The zero-order chi connectivity index (χ0) is 17.4. The van der Waals surface area contributed by atoms with Crippen molar-refractivity contribution in [3.63, 3.8) is 0 Å². The van der Waals surface area contributed by atoms with Crippen LogP contribution in [-0.4, -0.2) is 26.7 Å². The standard InChI is InChI=1S/C12H9F4N3O3S/c1-5-10(19-22-18-5)17-11(20)6-3-4-7(12(14,15)16)9(8(6)13)23(2)21/h3-4H,1-2H3,(H,17,19,20). The van der Waals surface area contributed by atoms with Crippen LogP contribution in [0.15, 0.2) is 21.7 Å². The molecule has 0 fully saturated rings. The molecule has 11 heteroatoms. The van der Waals surface area contributed by atoms with Crippen molar-refractivity contribution >= 4 is 22.5 Å². The van der Waals surface area contributed by atoms with E-state index in [1.807, 2.05) is 0 Å². The first-order valence-corrected chi connectivity index (χ1v) is 7.52. The van der Waals surface area contributed by atoms with Crippen molar-refractivity contribution < 1.29 is 31.2 Å². The quantitative estimate of drug-likeness (QED) is 0.859. The van der Waals surface area contributed by atoms with Crippen molar-refractivity contribution in [2.24, 2.45) is 0 Å². The second kappa shape index (κ2) is 6.07. The van der Waals surface area contributed by atoms with Crippen molar-refractivity contribution in [2.45, 2.75) is 18.0 Å². The maximum Gasteiger partial charge on any atom is 0.417 e. The summed E-state index contributed by atoms with van der Waals surface area (Å²) < 4.78 is 68.6. The van der Waals surface area contributed by atoms with E-state index in [9.17, 15) is 26.6 Å². The molecule has 0 spiro atoms. The van der Waals surface area contributed by atoms with Gasteiger partial charge in [-0.05, 0) is 24.2 Å². The van der Waals surface area contributed by atoms with Crippen molar-refractivity contribution in [1.29, 1.82) is 0 Å². The van der Waals surface area contributed by atoms with Gasteiger partial charge in [-0.1, -0.05) is 5.16 Å². The van der Waals surface area contributed by atoms with Crippen molar-refractivity contribution in [2.75, 3.05) is 11.6 Å². The molecule has 1 heterocycles. The van der Waals surface area contributed by atoms with Crippen LogP contribution < -0.4 is 5.32 Å². The van der Waals surface area contributed by atoms with Crippen LogP contribution in [0.3, 0.4) is 0 Å². The molecule has 0 saturated carbocycles. The van der Waals surface area contributed by atoms with Gasteiger partial charge in [-0.3, -0.25) is 9.00 Å². The fourth-order valence-electron chi connectivity index (χ4n) is 1.76. The topological polar surface area (TPSA) is 85.1 Å². The number of hydrogen-bond acceptors (Lipinski definition) is 5. The number of benzene rings is 1. The molecule has 0 radical (unpaired) electrons. The van der Waals surface area contributed by atoms with Crippen LogP contribution in [0.1, 0.15) is 21.6 Å². The summed E-state index contributed by atoms with van der Waals surface area (Å²) in [4.78, 5) is 10.9. The van der Waals surface area contributed by atoms with Gasteiger partial charge >= 0.3 is 6.18 Å². The monoisotopic (exact) mass is 351 g/mol.